The van der Waals surface area contributed by atoms with Crippen molar-refractivity contribution < 1.29 is 22.4 Å². The van der Waals surface area contributed by atoms with Crippen molar-refractivity contribution >= 4 is 16.0 Å². The van der Waals surface area contributed by atoms with Gasteiger partial charge in [0.15, 0.2) is 0 Å². The Morgan fingerprint density at radius 2 is 2.19 bits per heavy atom. The van der Waals surface area contributed by atoms with Crippen LogP contribution in [0.2, 0.25) is 0 Å². The van der Waals surface area contributed by atoms with Crippen LogP contribution in [0.15, 0.2) is 21.6 Å². The Kier molecular flexibility index (Phi) is 4.70. The van der Waals surface area contributed by atoms with Crippen molar-refractivity contribution in [1.82, 2.24) is 4.90 Å². The molecule has 1 heterocycles. The summed E-state index contributed by atoms with van der Waals surface area (Å²) in [5.74, 6) is 0.141. The maximum absolute atomic E-state index is 11.7. The number of furan rings is 1. The summed E-state index contributed by atoms with van der Waals surface area (Å²) in [6, 6.07) is 2.76. The van der Waals surface area contributed by atoms with E-state index in [2.05, 4.69) is 0 Å². The smallest absolute Gasteiger partial charge is 0.322 e. The first-order valence-corrected chi connectivity index (χ1v) is 8.32. The zero-order valence-corrected chi connectivity index (χ0v) is 12.9. The molecule has 0 amide bonds. The highest BCUT2D eigenvalue weighted by atomic mass is 32.2. The third-order valence-electron chi connectivity index (χ3n) is 3.84. The molecule has 1 aromatic heterocycles. The number of rotatable bonds is 6. The first-order chi connectivity index (χ1) is 9.82. The van der Waals surface area contributed by atoms with Gasteiger partial charge in [-0.2, -0.15) is 0 Å². The van der Waals surface area contributed by atoms with Gasteiger partial charge in [-0.3, -0.25) is 9.69 Å². The number of carbonyl (C=O) groups is 1. The van der Waals surface area contributed by atoms with Crippen molar-refractivity contribution in [3.05, 3.63) is 17.9 Å². The molecule has 1 aromatic rings. The third-order valence-corrected chi connectivity index (χ3v) is 4.62. The molecule has 2 rings (SSSR count). The minimum atomic E-state index is -3.85. The Morgan fingerprint density at radius 3 is 2.62 bits per heavy atom. The molecule has 1 unspecified atom stereocenters. The summed E-state index contributed by atoms with van der Waals surface area (Å²) in [7, 11) is -2.50. The minimum absolute atomic E-state index is 0.267. The lowest BCUT2D eigenvalue weighted by molar-refractivity contribution is -0.148. The molecule has 0 aliphatic heterocycles. The molecule has 0 bridgehead atoms. The molecule has 1 aliphatic carbocycles. The molecule has 8 heteroatoms. The molecule has 0 aromatic carbocycles. The maximum Gasteiger partial charge on any atom is 0.322 e. The second-order valence-corrected chi connectivity index (χ2v) is 6.71. The number of methoxy groups -OCH3 is 1. The second-order valence-electron chi connectivity index (χ2n) is 5.22. The Hall–Kier alpha value is -1.38. The van der Waals surface area contributed by atoms with E-state index in [9.17, 15) is 13.2 Å². The van der Waals surface area contributed by atoms with Crippen LogP contribution in [0.4, 0.5) is 0 Å². The van der Waals surface area contributed by atoms with Gasteiger partial charge in [0.1, 0.15) is 11.8 Å². The van der Waals surface area contributed by atoms with Gasteiger partial charge in [0.25, 0.3) is 10.0 Å². The van der Waals surface area contributed by atoms with Crippen LogP contribution in [0.3, 0.4) is 0 Å². The number of hydrogen-bond donors (Lipinski definition) is 1. The van der Waals surface area contributed by atoms with Crippen molar-refractivity contribution in [1.29, 1.82) is 0 Å². The van der Waals surface area contributed by atoms with Crippen LogP contribution in [0.1, 0.15) is 31.9 Å². The van der Waals surface area contributed by atoms with Crippen LogP contribution in [0.5, 0.6) is 0 Å². The lowest BCUT2D eigenvalue weighted by Crippen LogP contribution is -2.48. The summed E-state index contributed by atoms with van der Waals surface area (Å²) in [6.07, 6.45) is 3.13. The van der Waals surface area contributed by atoms with Crippen LogP contribution < -0.4 is 5.14 Å². The Bertz CT molecular complexity index is 606. The van der Waals surface area contributed by atoms with Crippen molar-refractivity contribution in [3.8, 4) is 0 Å². The number of nitrogens with zero attached hydrogens (tertiary/aromatic N) is 1. The average Bonchev–Trinajstić information content (AvgIpc) is 2.82. The predicted octanol–water partition coefficient (Wildman–Crippen LogP) is 0.843. The highest BCUT2D eigenvalue weighted by molar-refractivity contribution is 7.89. The lowest BCUT2D eigenvalue weighted by atomic mass is 9.90. The summed E-state index contributed by atoms with van der Waals surface area (Å²) in [4.78, 5) is 13.7. The van der Waals surface area contributed by atoms with E-state index < -0.39 is 16.1 Å². The van der Waals surface area contributed by atoms with E-state index in [1.807, 2.05) is 4.90 Å². The van der Waals surface area contributed by atoms with Crippen LogP contribution in [-0.4, -0.2) is 38.5 Å². The fraction of sp³-hybridized carbons (Fsp3) is 0.615. The van der Waals surface area contributed by atoms with Gasteiger partial charge >= 0.3 is 5.97 Å². The molecule has 0 radical (unpaired) electrons. The highest BCUT2D eigenvalue weighted by Crippen LogP contribution is 2.29. The van der Waals surface area contributed by atoms with Crippen molar-refractivity contribution in [3.63, 3.8) is 0 Å². The molecular weight excluding hydrogens is 296 g/mol. The van der Waals surface area contributed by atoms with E-state index >= 15 is 0 Å². The minimum Gasteiger partial charge on any atom is -0.468 e. The zero-order chi connectivity index (χ0) is 15.6. The van der Waals surface area contributed by atoms with E-state index in [-0.39, 0.29) is 17.1 Å². The number of esters is 1. The van der Waals surface area contributed by atoms with Gasteiger partial charge in [0.2, 0.25) is 5.09 Å². The van der Waals surface area contributed by atoms with Crippen LogP contribution in [-0.2, 0) is 26.1 Å². The fourth-order valence-electron chi connectivity index (χ4n) is 2.38. The number of nitrogens with two attached hydrogens (primary N) is 1. The number of ether oxygens (including phenoxy) is 1. The molecule has 1 atom stereocenters. The van der Waals surface area contributed by atoms with E-state index in [4.69, 9.17) is 14.3 Å². The van der Waals surface area contributed by atoms with E-state index in [1.54, 1.807) is 13.0 Å². The average molecular weight is 316 g/mol. The van der Waals surface area contributed by atoms with Gasteiger partial charge in [0, 0.05) is 6.04 Å². The highest BCUT2D eigenvalue weighted by Gasteiger charge is 2.33. The van der Waals surface area contributed by atoms with E-state index in [0.29, 0.717) is 12.3 Å². The number of hydrogen-bond acceptors (Lipinski definition) is 6. The summed E-state index contributed by atoms with van der Waals surface area (Å²) in [6.45, 7) is 2.12. The molecular formula is C13H20N2O5S. The molecule has 0 saturated heterocycles. The molecule has 1 saturated carbocycles. The van der Waals surface area contributed by atoms with Gasteiger partial charge < -0.3 is 9.15 Å². The summed E-state index contributed by atoms with van der Waals surface area (Å²) >= 11 is 0. The van der Waals surface area contributed by atoms with Crippen molar-refractivity contribution in [2.75, 3.05) is 7.11 Å². The molecule has 1 fully saturated rings. The fourth-order valence-corrected chi connectivity index (χ4v) is 2.86. The van der Waals surface area contributed by atoms with Gasteiger partial charge in [-0.1, -0.05) is 6.42 Å². The summed E-state index contributed by atoms with van der Waals surface area (Å²) < 4.78 is 32.5. The maximum atomic E-state index is 11.7. The molecule has 1 aliphatic rings. The number of primary sulfonamides is 1. The third kappa shape index (κ3) is 3.63. The summed E-state index contributed by atoms with van der Waals surface area (Å²) in [5.41, 5.74) is 0. The Balaban J connectivity index is 2.15. The van der Waals surface area contributed by atoms with Gasteiger partial charge in [-0.25, -0.2) is 13.6 Å². The molecule has 21 heavy (non-hydrogen) atoms. The SMILES string of the molecule is COC(=O)C(C)N(Cc1ccc(S(N)(=O)=O)o1)C1CCC1. The molecule has 2 N–H and O–H groups in total. The van der Waals surface area contributed by atoms with Gasteiger partial charge in [-0.05, 0) is 31.9 Å². The molecule has 118 valence electrons. The molecule has 0 spiro atoms. The van der Waals surface area contributed by atoms with Gasteiger partial charge in [0.05, 0.1) is 13.7 Å². The monoisotopic (exact) mass is 316 g/mol. The Labute approximate surface area is 124 Å². The largest absolute Gasteiger partial charge is 0.468 e. The lowest BCUT2D eigenvalue weighted by Gasteiger charge is -2.39. The number of sulfonamides is 1. The van der Waals surface area contributed by atoms with Gasteiger partial charge in [-0.15, -0.1) is 0 Å². The normalized spacial score (nSPS) is 17.5. The first kappa shape index (κ1) is 16.0. The van der Waals surface area contributed by atoms with Crippen molar-refractivity contribution in [2.24, 2.45) is 5.14 Å². The van der Waals surface area contributed by atoms with Crippen LogP contribution >= 0.6 is 0 Å². The Morgan fingerprint density at radius 1 is 1.52 bits per heavy atom. The standard InChI is InChI=1S/C13H20N2O5S/c1-9(13(16)19-2)15(10-4-3-5-10)8-11-6-7-12(20-11)21(14,17)18/h6-7,9-10H,3-5,8H2,1-2H3,(H2,14,17,18). The topological polar surface area (TPSA) is 103 Å². The van der Waals surface area contributed by atoms with Crippen molar-refractivity contribution in [2.45, 2.75) is 49.9 Å². The first-order valence-electron chi connectivity index (χ1n) is 6.78. The summed E-state index contributed by atoms with van der Waals surface area (Å²) in [5, 5.41) is 4.75. The quantitative estimate of drug-likeness (QED) is 0.780. The second kappa shape index (κ2) is 6.17. The van der Waals surface area contributed by atoms with E-state index in [1.165, 1.54) is 13.2 Å². The number of carbonyl (C=O) groups excluding carboxylic acids is 1. The molecule has 7 nitrogen and oxygen atoms in total. The predicted molar refractivity (Wildman–Crippen MR) is 74.7 cm³/mol. The van der Waals surface area contributed by atoms with Crippen LogP contribution in [0, 0.1) is 0 Å². The van der Waals surface area contributed by atoms with Crippen LogP contribution in [0.25, 0.3) is 0 Å². The van der Waals surface area contributed by atoms with E-state index in [0.717, 1.165) is 19.3 Å². The zero-order valence-electron chi connectivity index (χ0n) is 12.1.